The van der Waals surface area contributed by atoms with Crippen molar-refractivity contribution in [3.8, 4) is 0 Å². The number of sulfone groups is 1. The van der Waals surface area contributed by atoms with Crippen LogP contribution in [0.1, 0.15) is 20.8 Å². The third-order valence-corrected chi connectivity index (χ3v) is 4.91. The Morgan fingerprint density at radius 3 is 2.48 bits per heavy atom. The Kier molecular flexibility index (Phi) is 5.74. The van der Waals surface area contributed by atoms with Gasteiger partial charge < -0.3 is 4.90 Å². The summed E-state index contributed by atoms with van der Waals surface area (Å²) in [5.74, 6) is -0.114. The average molecular weight is 349 g/mol. The number of benzene rings is 1. The van der Waals surface area contributed by atoms with Crippen LogP contribution in [-0.2, 0) is 22.1 Å². The fraction of sp³-hybridized carbons (Fsp3) is 0.235. The standard InChI is InChI=1S/C17H19NO3S2/c1-3-10-18(12-16-5-4-11-22-16)17(19)15-8-6-14(7-9-15)13-23(2,20)21/h3-9,11H,1,10,12-13H2,2H3. The van der Waals surface area contributed by atoms with Crippen molar-refractivity contribution in [1.82, 2.24) is 4.90 Å². The molecule has 0 saturated carbocycles. The first-order chi connectivity index (χ1) is 10.9. The Balaban J connectivity index is 2.14. The van der Waals surface area contributed by atoms with Crippen LogP contribution in [0.3, 0.4) is 0 Å². The SMILES string of the molecule is C=CCN(Cc1cccs1)C(=O)c1ccc(CS(C)(=O)=O)cc1. The summed E-state index contributed by atoms with van der Waals surface area (Å²) < 4.78 is 22.6. The van der Waals surface area contributed by atoms with E-state index < -0.39 is 9.84 Å². The topological polar surface area (TPSA) is 54.5 Å². The summed E-state index contributed by atoms with van der Waals surface area (Å²) in [6, 6.07) is 10.7. The van der Waals surface area contributed by atoms with E-state index in [-0.39, 0.29) is 11.7 Å². The molecule has 23 heavy (non-hydrogen) atoms. The molecule has 0 spiro atoms. The van der Waals surface area contributed by atoms with E-state index in [1.807, 2.05) is 17.5 Å². The van der Waals surface area contributed by atoms with E-state index >= 15 is 0 Å². The van der Waals surface area contributed by atoms with Gasteiger partial charge in [0.2, 0.25) is 0 Å². The fourth-order valence-corrected chi connectivity index (χ4v) is 3.71. The summed E-state index contributed by atoms with van der Waals surface area (Å²) in [5, 5.41) is 1.98. The van der Waals surface area contributed by atoms with Gasteiger partial charge in [0.05, 0.1) is 12.3 Å². The van der Waals surface area contributed by atoms with Crippen LogP contribution < -0.4 is 0 Å². The fourth-order valence-electron chi connectivity index (χ4n) is 2.19. The maximum absolute atomic E-state index is 12.6. The lowest BCUT2D eigenvalue weighted by Crippen LogP contribution is -2.30. The molecular formula is C17H19NO3S2. The van der Waals surface area contributed by atoms with Gasteiger partial charge in [-0.2, -0.15) is 0 Å². The molecule has 0 atom stereocenters. The van der Waals surface area contributed by atoms with Crippen molar-refractivity contribution in [2.45, 2.75) is 12.3 Å². The molecule has 2 aromatic rings. The third-order valence-electron chi connectivity index (χ3n) is 3.19. The molecule has 0 aliphatic heterocycles. The van der Waals surface area contributed by atoms with Gasteiger partial charge in [0.15, 0.2) is 9.84 Å². The number of amides is 1. The van der Waals surface area contributed by atoms with Crippen LogP contribution in [0.4, 0.5) is 0 Å². The van der Waals surface area contributed by atoms with E-state index in [4.69, 9.17) is 0 Å². The van der Waals surface area contributed by atoms with E-state index in [0.717, 1.165) is 4.88 Å². The molecule has 0 radical (unpaired) electrons. The summed E-state index contributed by atoms with van der Waals surface area (Å²) >= 11 is 1.60. The Bertz CT molecular complexity index is 763. The highest BCUT2D eigenvalue weighted by Gasteiger charge is 2.16. The van der Waals surface area contributed by atoms with Crippen LogP contribution in [-0.4, -0.2) is 32.0 Å². The van der Waals surface area contributed by atoms with Crippen LogP contribution in [0.25, 0.3) is 0 Å². The third kappa shape index (κ3) is 5.33. The Hall–Kier alpha value is -1.92. The smallest absolute Gasteiger partial charge is 0.254 e. The highest BCUT2D eigenvalue weighted by molar-refractivity contribution is 7.89. The second-order valence-corrected chi connectivity index (χ2v) is 8.49. The summed E-state index contributed by atoms with van der Waals surface area (Å²) in [7, 11) is -3.08. The van der Waals surface area contributed by atoms with Crippen LogP contribution in [0, 0.1) is 0 Å². The zero-order valence-corrected chi connectivity index (χ0v) is 14.6. The molecule has 1 heterocycles. The van der Waals surface area contributed by atoms with Gasteiger partial charge in [-0.3, -0.25) is 4.79 Å². The first-order valence-electron chi connectivity index (χ1n) is 7.08. The number of thiophene rings is 1. The molecule has 4 nitrogen and oxygen atoms in total. The van der Waals surface area contributed by atoms with Crippen molar-refractivity contribution in [2.75, 3.05) is 12.8 Å². The zero-order valence-electron chi connectivity index (χ0n) is 12.9. The van der Waals surface area contributed by atoms with Crippen LogP contribution in [0.15, 0.2) is 54.4 Å². The van der Waals surface area contributed by atoms with Crippen molar-refractivity contribution in [3.05, 3.63) is 70.4 Å². The first-order valence-corrected chi connectivity index (χ1v) is 10.0. The Labute approximate surface area is 141 Å². The van der Waals surface area contributed by atoms with E-state index in [1.54, 1.807) is 46.6 Å². The van der Waals surface area contributed by atoms with Crippen LogP contribution in [0.5, 0.6) is 0 Å². The normalized spacial score (nSPS) is 11.2. The van der Waals surface area contributed by atoms with Gasteiger partial charge in [0, 0.05) is 23.2 Å². The Morgan fingerprint density at radius 1 is 1.26 bits per heavy atom. The highest BCUT2D eigenvalue weighted by Crippen LogP contribution is 2.15. The lowest BCUT2D eigenvalue weighted by molar-refractivity contribution is 0.0764. The lowest BCUT2D eigenvalue weighted by Gasteiger charge is -2.20. The van der Waals surface area contributed by atoms with Gasteiger partial charge in [-0.05, 0) is 29.1 Å². The van der Waals surface area contributed by atoms with Crippen molar-refractivity contribution >= 4 is 27.1 Å². The van der Waals surface area contributed by atoms with E-state index in [1.165, 1.54) is 6.26 Å². The molecular weight excluding hydrogens is 330 g/mol. The van der Waals surface area contributed by atoms with Crippen LogP contribution >= 0.6 is 11.3 Å². The minimum absolute atomic E-state index is 0.0208. The largest absolute Gasteiger partial charge is 0.330 e. The van der Waals surface area contributed by atoms with Gasteiger partial charge in [-0.15, -0.1) is 17.9 Å². The summed E-state index contributed by atoms with van der Waals surface area (Å²) in [6.07, 6.45) is 2.89. The second-order valence-electron chi connectivity index (χ2n) is 5.32. The molecule has 0 saturated heterocycles. The average Bonchev–Trinajstić information content (AvgIpc) is 2.98. The molecule has 1 aromatic carbocycles. The van der Waals surface area contributed by atoms with Crippen molar-refractivity contribution in [1.29, 1.82) is 0 Å². The molecule has 122 valence electrons. The van der Waals surface area contributed by atoms with E-state index in [2.05, 4.69) is 6.58 Å². The predicted octanol–water partition coefficient (Wildman–Crippen LogP) is 3.12. The molecule has 0 fully saturated rings. The molecule has 0 N–H and O–H groups in total. The van der Waals surface area contributed by atoms with Gasteiger partial charge >= 0.3 is 0 Å². The van der Waals surface area contributed by atoms with Gasteiger partial charge in [-0.1, -0.05) is 24.3 Å². The molecule has 2 rings (SSSR count). The predicted molar refractivity (Wildman–Crippen MR) is 94.2 cm³/mol. The van der Waals surface area contributed by atoms with Crippen molar-refractivity contribution < 1.29 is 13.2 Å². The number of nitrogens with zero attached hydrogens (tertiary/aromatic N) is 1. The van der Waals surface area contributed by atoms with E-state index in [9.17, 15) is 13.2 Å². The summed E-state index contributed by atoms with van der Waals surface area (Å²) in [4.78, 5) is 15.4. The number of carbonyl (C=O) groups excluding carboxylic acids is 1. The summed E-state index contributed by atoms with van der Waals surface area (Å²) in [6.45, 7) is 4.70. The number of rotatable bonds is 7. The molecule has 6 heteroatoms. The van der Waals surface area contributed by atoms with Crippen LogP contribution in [0.2, 0.25) is 0 Å². The number of hydrogen-bond acceptors (Lipinski definition) is 4. The Morgan fingerprint density at radius 2 is 1.96 bits per heavy atom. The molecule has 0 aliphatic carbocycles. The van der Waals surface area contributed by atoms with Crippen molar-refractivity contribution in [3.63, 3.8) is 0 Å². The molecule has 0 aliphatic rings. The maximum atomic E-state index is 12.6. The van der Waals surface area contributed by atoms with Crippen molar-refractivity contribution in [2.24, 2.45) is 0 Å². The first kappa shape index (κ1) is 17.4. The molecule has 1 amide bonds. The monoisotopic (exact) mass is 349 g/mol. The second kappa shape index (κ2) is 7.57. The molecule has 1 aromatic heterocycles. The minimum atomic E-state index is -3.08. The van der Waals surface area contributed by atoms with Gasteiger partial charge in [0.1, 0.15) is 0 Å². The lowest BCUT2D eigenvalue weighted by atomic mass is 10.1. The van der Waals surface area contributed by atoms with Gasteiger partial charge in [0.25, 0.3) is 5.91 Å². The summed E-state index contributed by atoms with van der Waals surface area (Å²) in [5.41, 5.74) is 1.22. The highest BCUT2D eigenvalue weighted by atomic mass is 32.2. The number of carbonyl (C=O) groups is 1. The molecule has 0 bridgehead atoms. The van der Waals surface area contributed by atoms with Gasteiger partial charge in [-0.25, -0.2) is 8.42 Å². The number of hydrogen-bond donors (Lipinski definition) is 0. The maximum Gasteiger partial charge on any atom is 0.254 e. The van der Waals surface area contributed by atoms with E-state index in [0.29, 0.717) is 24.2 Å². The molecule has 0 unspecified atom stereocenters. The zero-order chi connectivity index (χ0) is 16.9. The quantitative estimate of drug-likeness (QED) is 0.722. The minimum Gasteiger partial charge on any atom is -0.330 e.